The first-order valence-electron chi connectivity index (χ1n) is 8.25. The molecule has 6 nitrogen and oxygen atoms in total. The lowest BCUT2D eigenvalue weighted by molar-refractivity contribution is 0.102. The maximum Gasteiger partial charge on any atom is 0.257 e. The van der Waals surface area contributed by atoms with Crippen LogP contribution in [0.1, 0.15) is 23.2 Å². The summed E-state index contributed by atoms with van der Waals surface area (Å²) in [6.07, 6.45) is 3.47. The number of amides is 1. The predicted molar refractivity (Wildman–Crippen MR) is 106 cm³/mol. The summed E-state index contributed by atoms with van der Waals surface area (Å²) in [4.78, 5) is 14.7. The zero-order valence-electron chi connectivity index (χ0n) is 14.3. The van der Waals surface area contributed by atoms with Crippen LogP contribution in [0.5, 0.6) is 0 Å². The van der Waals surface area contributed by atoms with Crippen LogP contribution in [0.4, 0.5) is 17.1 Å². The lowest BCUT2D eigenvalue weighted by Crippen LogP contribution is -2.17. The van der Waals surface area contributed by atoms with Crippen LogP contribution in [0.3, 0.4) is 0 Å². The summed E-state index contributed by atoms with van der Waals surface area (Å²) in [6, 6.07) is 12.1. The van der Waals surface area contributed by atoms with E-state index in [2.05, 4.69) is 14.9 Å². The van der Waals surface area contributed by atoms with Crippen molar-refractivity contribution in [2.75, 3.05) is 34.3 Å². The van der Waals surface area contributed by atoms with Crippen molar-refractivity contribution < 1.29 is 13.2 Å². The summed E-state index contributed by atoms with van der Waals surface area (Å²) < 4.78 is 24.8. The highest BCUT2D eigenvalue weighted by atomic mass is 35.5. The first kappa shape index (κ1) is 18.5. The molecule has 2 aromatic rings. The number of halogens is 1. The molecule has 2 aromatic carbocycles. The van der Waals surface area contributed by atoms with Gasteiger partial charge < -0.3 is 10.2 Å². The van der Waals surface area contributed by atoms with Crippen LogP contribution in [-0.4, -0.2) is 33.7 Å². The van der Waals surface area contributed by atoms with Gasteiger partial charge in [-0.1, -0.05) is 11.6 Å². The van der Waals surface area contributed by atoms with Crippen molar-refractivity contribution in [1.29, 1.82) is 0 Å². The maximum absolute atomic E-state index is 12.4. The third-order valence-electron chi connectivity index (χ3n) is 4.11. The summed E-state index contributed by atoms with van der Waals surface area (Å²) in [6.45, 7) is 2.13. The molecule has 0 spiro atoms. The van der Waals surface area contributed by atoms with Gasteiger partial charge in [-0.05, 0) is 55.3 Å². The third-order valence-corrected chi connectivity index (χ3v) is 5.03. The van der Waals surface area contributed by atoms with E-state index < -0.39 is 10.0 Å². The van der Waals surface area contributed by atoms with Crippen molar-refractivity contribution in [3.63, 3.8) is 0 Å². The van der Waals surface area contributed by atoms with E-state index in [1.807, 2.05) is 24.3 Å². The second kappa shape index (κ2) is 7.55. The molecular formula is C18H20ClN3O3S. The Kier molecular flexibility index (Phi) is 5.38. The van der Waals surface area contributed by atoms with E-state index >= 15 is 0 Å². The van der Waals surface area contributed by atoms with E-state index in [-0.39, 0.29) is 16.5 Å². The van der Waals surface area contributed by atoms with Gasteiger partial charge >= 0.3 is 0 Å². The highest BCUT2D eigenvalue weighted by Crippen LogP contribution is 2.25. The zero-order valence-corrected chi connectivity index (χ0v) is 15.9. The molecule has 0 atom stereocenters. The molecule has 138 valence electrons. The smallest absolute Gasteiger partial charge is 0.257 e. The van der Waals surface area contributed by atoms with Gasteiger partial charge in [0, 0.05) is 30.2 Å². The molecule has 1 fully saturated rings. The van der Waals surface area contributed by atoms with Crippen LogP contribution in [0, 0.1) is 0 Å². The molecule has 0 aliphatic carbocycles. The average molecular weight is 394 g/mol. The Morgan fingerprint density at radius 3 is 2.23 bits per heavy atom. The number of sulfonamides is 1. The molecule has 3 rings (SSSR count). The van der Waals surface area contributed by atoms with E-state index in [1.54, 1.807) is 0 Å². The molecule has 26 heavy (non-hydrogen) atoms. The number of nitrogens with zero attached hydrogens (tertiary/aromatic N) is 1. The van der Waals surface area contributed by atoms with E-state index in [1.165, 1.54) is 31.0 Å². The Labute approximate surface area is 158 Å². The van der Waals surface area contributed by atoms with E-state index in [0.29, 0.717) is 11.4 Å². The first-order valence-corrected chi connectivity index (χ1v) is 10.5. The molecule has 1 amide bonds. The number of hydrogen-bond acceptors (Lipinski definition) is 4. The van der Waals surface area contributed by atoms with Crippen molar-refractivity contribution in [3.8, 4) is 0 Å². The van der Waals surface area contributed by atoms with Crippen molar-refractivity contribution in [2.45, 2.75) is 12.8 Å². The minimum absolute atomic E-state index is 0.171. The molecule has 1 heterocycles. The van der Waals surface area contributed by atoms with Gasteiger partial charge in [-0.2, -0.15) is 0 Å². The molecule has 2 N–H and O–H groups in total. The molecule has 1 aliphatic rings. The molecular weight excluding hydrogens is 374 g/mol. The lowest BCUT2D eigenvalue weighted by Gasteiger charge is -2.17. The first-order chi connectivity index (χ1) is 12.3. The summed E-state index contributed by atoms with van der Waals surface area (Å²) in [7, 11) is -3.40. The average Bonchev–Trinajstić information content (AvgIpc) is 3.08. The highest BCUT2D eigenvalue weighted by molar-refractivity contribution is 7.92. The van der Waals surface area contributed by atoms with Crippen molar-refractivity contribution in [2.24, 2.45) is 0 Å². The molecule has 0 bridgehead atoms. The fourth-order valence-corrected chi connectivity index (χ4v) is 3.73. The number of benzene rings is 2. The third kappa shape index (κ3) is 4.68. The molecule has 0 saturated carbocycles. The summed E-state index contributed by atoms with van der Waals surface area (Å²) >= 11 is 6.13. The van der Waals surface area contributed by atoms with Crippen LogP contribution in [0.15, 0.2) is 42.5 Å². The van der Waals surface area contributed by atoms with Crippen LogP contribution >= 0.6 is 11.6 Å². The van der Waals surface area contributed by atoms with Gasteiger partial charge in [0.15, 0.2) is 0 Å². The molecule has 1 saturated heterocycles. The largest absolute Gasteiger partial charge is 0.372 e. The van der Waals surface area contributed by atoms with E-state index in [9.17, 15) is 13.2 Å². The van der Waals surface area contributed by atoms with E-state index in [0.717, 1.165) is 25.0 Å². The Morgan fingerprint density at radius 2 is 1.65 bits per heavy atom. The molecule has 0 unspecified atom stereocenters. The Morgan fingerprint density at radius 1 is 1.04 bits per heavy atom. The minimum Gasteiger partial charge on any atom is -0.372 e. The van der Waals surface area contributed by atoms with Gasteiger partial charge in [0.25, 0.3) is 5.91 Å². The predicted octanol–water partition coefficient (Wildman–Crippen LogP) is 3.56. The number of rotatable bonds is 5. The number of anilines is 3. The number of nitrogens with one attached hydrogen (secondary N) is 2. The van der Waals surface area contributed by atoms with Gasteiger partial charge in [-0.3, -0.25) is 9.52 Å². The number of carbonyl (C=O) groups is 1. The quantitative estimate of drug-likeness (QED) is 0.814. The number of carbonyl (C=O) groups excluding carboxylic acids is 1. The minimum atomic E-state index is -3.40. The fourth-order valence-electron chi connectivity index (χ4n) is 2.91. The van der Waals surface area contributed by atoms with Crippen LogP contribution in [-0.2, 0) is 10.0 Å². The van der Waals surface area contributed by atoms with Crippen molar-refractivity contribution in [1.82, 2.24) is 0 Å². The Hall–Kier alpha value is -2.25. The van der Waals surface area contributed by atoms with Crippen molar-refractivity contribution in [3.05, 3.63) is 53.1 Å². The zero-order chi connectivity index (χ0) is 18.7. The topological polar surface area (TPSA) is 78.5 Å². The second-order valence-corrected chi connectivity index (χ2v) is 8.42. The number of hydrogen-bond donors (Lipinski definition) is 2. The Bertz CT molecular complexity index is 908. The summed E-state index contributed by atoms with van der Waals surface area (Å²) in [5.41, 5.74) is 2.40. The van der Waals surface area contributed by atoms with Gasteiger partial charge in [0.2, 0.25) is 10.0 Å². The monoisotopic (exact) mass is 393 g/mol. The maximum atomic E-state index is 12.4. The Balaban J connectivity index is 1.69. The summed E-state index contributed by atoms with van der Waals surface area (Å²) in [5.74, 6) is -0.352. The van der Waals surface area contributed by atoms with Gasteiger partial charge in [0.05, 0.1) is 16.8 Å². The van der Waals surface area contributed by atoms with Crippen LogP contribution < -0.4 is 14.9 Å². The second-order valence-electron chi connectivity index (χ2n) is 6.26. The van der Waals surface area contributed by atoms with Gasteiger partial charge in [-0.15, -0.1) is 0 Å². The van der Waals surface area contributed by atoms with Crippen molar-refractivity contribution >= 4 is 44.6 Å². The molecule has 1 aliphatic heterocycles. The van der Waals surface area contributed by atoms with Crippen LogP contribution in [0.2, 0.25) is 5.02 Å². The molecule has 8 heteroatoms. The normalized spacial score (nSPS) is 14.3. The lowest BCUT2D eigenvalue weighted by atomic mass is 10.2. The fraction of sp³-hybridized carbons (Fsp3) is 0.278. The van der Waals surface area contributed by atoms with Gasteiger partial charge in [0.1, 0.15) is 0 Å². The SMILES string of the molecule is CS(=O)(=O)Nc1ccc(C(=O)Nc2ccc(N3CCCC3)cc2)c(Cl)c1. The van der Waals surface area contributed by atoms with Crippen LogP contribution in [0.25, 0.3) is 0 Å². The standard InChI is InChI=1S/C18H20ClN3O3S/c1-26(24,25)21-14-6-9-16(17(19)12-14)18(23)20-13-4-7-15(8-5-13)22-10-2-3-11-22/h4-9,12,21H,2-3,10-11H2,1H3,(H,20,23). The van der Waals surface area contributed by atoms with Gasteiger partial charge in [-0.25, -0.2) is 8.42 Å². The summed E-state index contributed by atoms with van der Waals surface area (Å²) in [5, 5.41) is 2.98. The molecule has 0 aromatic heterocycles. The van der Waals surface area contributed by atoms with E-state index in [4.69, 9.17) is 11.6 Å². The highest BCUT2D eigenvalue weighted by Gasteiger charge is 2.14. The molecule has 0 radical (unpaired) electrons.